The van der Waals surface area contributed by atoms with E-state index in [1.807, 2.05) is 0 Å². The summed E-state index contributed by atoms with van der Waals surface area (Å²) in [6, 6.07) is 0. The number of nitrogens with one attached hydrogen (secondary N) is 2. The van der Waals surface area contributed by atoms with Gasteiger partial charge in [-0.1, -0.05) is 36.7 Å². The average molecular weight is 371 g/mol. The van der Waals surface area contributed by atoms with E-state index in [1.54, 1.807) is 0 Å². The van der Waals surface area contributed by atoms with Crippen molar-refractivity contribution in [3.05, 3.63) is 0 Å². The molecule has 0 aliphatic carbocycles. The van der Waals surface area contributed by atoms with Crippen molar-refractivity contribution in [2.75, 3.05) is 13.1 Å². The van der Waals surface area contributed by atoms with Gasteiger partial charge in [0.2, 0.25) is 0 Å². The summed E-state index contributed by atoms with van der Waals surface area (Å²) < 4.78 is 1.18. The zero-order valence-electron chi connectivity index (χ0n) is 7.77. The van der Waals surface area contributed by atoms with Gasteiger partial charge in [-0.25, -0.2) is 0 Å². The summed E-state index contributed by atoms with van der Waals surface area (Å²) in [6.45, 7) is 1.42. The molecule has 0 aliphatic rings. The van der Waals surface area contributed by atoms with Crippen molar-refractivity contribution in [2.24, 2.45) is 5.73 Å². The topological polar surface area (TPSA) is 50.1 Å². The Balaban J connectivity index is -0.000000249. The quantitative estimate of drug-likeness (QED) is 0.191. The van der Waals surface area contributed by atoms with Crippen LogP contribution >= 0.6 is 74.5 Å². The third-order valence-electron chi connectivity index (χ3n) is 0.677. The Bertz CT molecular complexity index is 191. The fraction of sp³-hybridized carbons (Fsp3) is 0.400. The molecule has 0 aliphatic heterocycles. The maximum absolute atomic E-state index is 4.71. The van der Waals surface area contributed by atoms with Crippen LogP contribution in [0.5, 0.6) is 0 Å². The fourth-order valence-electron chi connectivity index (χ4n) is 0.339. The smallest absolute Gasteiger partial charge is 0.130 e. The Morgan fingerprint density at radius 2 is 1.13 bits per heavy atom. The van der Waals surface area contributed by atoms with Gasteiger partial charge in [-0.15, -0.1) is 37.9 Å². The fourth-order valence-corrected chi connectivity index (χ4v) is 0.767. The Hall–Kier alpha value is 1.34. The van der Waals surface area contributed by atoms with Crippen LogP contribution in [0.1, 0.15) is 0 Å². The third kappa shape index (κ3) is 39.2. The second-order valence-electron chi connectivity index (χ2n) is 1.80. The van der Waals surface area contributed by atoms with E-state index in [1.165, 1.54) is 0 Å². The first kappa shape index (κ1) is 21.6. The van der Waals surface area contributed by atoms with Crippen LogP contribution in [0.3, 0.4) is 0 Å². The van der Waals surface area contributed by atoms with Crippen LogP contribution in [-0.4, -0.2) is 26.1 Å². The third-order valence-corrected chi connectivity index (χ3v) is 1.28. The summed E-state index contributed by atoms with van der Waals surface area (Å²) >= 11 is 24.7. The predicted molar refractivity (Wildman–Crippen MR) is 84.9 cm³/mol. The zero-order valence-corrected chi connectivity index (χ0v) is 15.9. The molecule has 0 saturated carbocycles. The monoisotopic (exact) mass is 369 g/mol. The van der Waals surface area contributed by atoms with Crippen LogP contribution in [-0.2, 0) is 19.5 Å². The molecule has 0 spiro atoms. The van der Waals surface area contributed by atoms with E-state index >= 15 is 0 Å². The normalized spacial score (nSPS) is 7.40. The van der Waals surface area contributed by atoms with Gasteiger partial charge in [0.1, 0.15) is 13.0 Å². The van der Waals surface area contributed by atoms with Crippen LogP contribution in [0.4, 0.5) is 0 Å². The van der Waals surface area contributed by atoms with Crippen LogP contribution in [0.2, 0.25) is 0 Å². The molecule has 3 nitrogen and oxygen atoms in total. The molecular formula is C5H11N3S6Zn. The van der Waals surface area contributed by atoms with Gasteiger partial charge in [0.25, 0.3) is 0 Å². The molecule has 0 heterocycles. The van der Waals surface area contributed by atoms with Crippen LogP contribution in [0.25, 0.3) is 0 Å². The molecule has 84 valence electrons. The van der Waals surface area contributed by atoms with E-state index in [0.29, 0.717) is 21.7 Å². The number of thiol groups is 3. The molecule has 0 saturated heterocycles. The van der Waals surface area contributed by atoms with Crippen molar-refractivity contribution in [3.8, 4) is 0 Å². The van der Waals surface area contributed by atoms with E-state index in [2.05, 4.69) is 85.2 Å². The molecule has 0 bridgehead atoms. The second kappa shape index (κ2) is 15.3. The van der Waals surface area contributed by atoms with Crippen LogP contribution in [0, 0.1) is 0 Å². The molecule has 0 aromatic rings. The summed E-state index contributed by atoms with van der Waals surface area (Å²) in [5.74, 6) is 0. The molecule has 0 fully saturated rings. The van der Waals surface area contributed by atoms with Gasteiger partial charge in [-0.3, -0.25) is 0 Å². The zero-order chi connectivity index (χ0) is 11.6. The largest absolute Gasteiger partial charge is 0.385 e. The molecular weight excluding hydrogens is 360 g/mol. The second-order valence-corrected chi connectivity index (χ2v) is 5.34. The molecule has 0 rings (SSSR count). The summed E-state index contributed by atoms with van der Waals surface area (Å²) in [5.41, 5.74) is 4.71. The van der Waals surface area contributed by atoms with E-state index < -0.39 is 0 Å². The molecule has 0 amide bonds. The molecule has 4 N–H and O–H groups in total. The Morgan fingerprint density at radius 1 is 0.933 bits per heavy atom. The molecule has 0 atom stereocenters. The van der Waals surface area contributed by atoms with E-state index in [9.17, 15) is 0 Å². The van der Waals surface area contributed by atoms with E-state index in [0.717, 1.165) is 0 Å². The van der Waals surface area contributed by atoms with E-state index in [-0.39, 0.29) is 23.8 Å². The summed E-state index contributed by atoms with van der Waals surface area (Å²) in [7, 11) is 0. The summed E-state index contributed by atoms with van der Waals surface area (Å²) in [4.78, 5) is 0. The van der Waals surface area contributed by atoms with Gasteiger partial charge in [0, 0.05) is 32.6 Å². The number of rotatable bonds is 3. The van der Waals surface area contributed by atoms with Gasteiger partial charge in [-0.05, 0) is 0 Å². The van der Waals surface area contributed by atoms with Gasteiger partial charge in [-0.2, -0.15) is 0 Å². The standard InChI is InChI=1S/C4H8N2S4.CH3NS2.Zn/c7-3(8)5-1-2-6-4(9)10;2-1(3)4;/h1-2H2,(H2,5,7,8)(H2,6,9,10);(H3,2,3,4);. The Morgan fingerprint density at radius 3 is 1.27 bits per heavy atom. The first-order chi connectivity index (χ1) is 6.36. The van der Waals surface area contributed by atoms with Crippen molar-refractivity contribution in [3.63, 3.8) is 0 Å². The van der Waals surface area contributed by atoms with Gasteiger partial charge in [0.15, 0.2) is 0 Å². The minimum atomic E-state index is 0. The first-order valence-electron chi connectivity index (χ1n) is 3.28. The maximum atomic E-state index is 4.71. The van der Waals surface area contributed by atoms with Crippen LogP contribution < -0.4 is 16.4 Å². The molecule has 0 unspecified atom stereocenters. The minimum Gasteiger partial charge on any atom is -0.385 e. The van der Waals surface area contributed by atoms with E-state index in [4.69, 9.17) is 5.73 Å². The number of nitrogens with two attached hydrogens (primary N) is 1. The van der Waals surface area contributed by atoms with Gasteiger partial charge in [0.05, 0.1) is 0 Å². The number of thiocarbonyl (C=S) groups is 3. The molecule has 15 heavy (non-hydrogen) atoms. The van der Waals surface area contributed by atoms with Crippen molar-refractivity contribution in [1.29, 1.82) is 0 Å². The van der Waals surface area contributed by atoms with Crippen molar-refractivity contribution in [2.45, 2.75) is 0 Å². The maximum Gasteiger partial charge on any atom is 0.130 e. The minimum absolute atomic E-state index is 0. The van der Waals surface area contributed by atoms with Gasteiger partial charge >= 0.3 is 0 Å². The van der Waals surface area contributed by atoms with Crippen LogP contribution in [0.15, 0.2) is 0 Å². The van der Waals surface area contributed by atoms with Crippen molar-refractivity contribution >= 4 is 87.5 Å². The molecule has 0 radical (unpaired) electrons. The summed E-state index contributed by atoms with van der Waals surface area (Å²) in [5, 5.41) is 5.68. The SMILES string of the molecule is NC(=S)S.S=C(S)NCCNC(=S)S.[Zn]. The number of hydrogen-bond acceptors (Lipinski definition) is 3. The van der Waals surface area contributed by atoms with Crippen molar-refractivity contribution < 1.29 is 19.5 Å². The Labute approximate surface area is 135 Å². The number of hydrogen-bond donors (Lipinski definition) is 6. The molecule has 10 heteroatoms. The van der Waals surface area contributed by atoms with Gasteiger partial charge < -0.3 is 16.4 Å². The molecule has 0 aromatic carbocycles. The average Bonchev–Trinajstić information content (AvgIpc) is 1.96. The van der Waals surface area contributed by atoms with Crippen molar-refractivity contribution in [1.82, 2.24) is 10.6 Å². The summed E-state index contributed by atoms with van der Waals surface area (Å²) in [6.07, 6.45) is 0. The first-order valence-corrected chi connectivity index (χ1v) is 5.85. The Kier molecular flexibility index (Phi) is 22.1. The predicted octanol–water partition coefficient (Wildman–Crippen LogP) is 0.752. The molecule has 0 aromatic heterocycles.